The van der Waals surface area contributed by atoms with Crippen molar-refractivity contribution in [1.82, 2.24) is 9.88 Å². The third-order valence-electron chi connectivity index (χ3n) is 4.34. The maximum atomic E-state index is 13.0. The van der Waals surface area contributed by atoms with Crippen LogP contribution in [0.2, 0.25) is 0 Å². The molecule has 0 bridgehead atoms. The molecule has 1 aromatic heterocycles. The summed E-state index contributed by atoms with van der Waals surface area (Å²) in [6, 6.07) is 14.5. The standard InChI is InChI=1S/C21H19F3N2OS/c1-3-26(13-15-7-5-4-6-8-15)20(27)18-14(2)25-19(28-18)16-9-11-17(12-10-16)21(22,23)24/h4-12H,3,13H2,1-2H3. The van der Waals surface area contributed by atoms with Gasteiger partial charge >= 0.3 is 6.18 Å². The van der Waals surface area contributed by atoms with Gasteiger partial charge in [-0.05, 0) is 31.5 Å². The molecule has 1 heterocycles. The molecule has 28 heavy (non-hydrogen) atoms. The van der Waals surface area contributed by atoms with E-state index in [4.69, 9.17) is 0 Å². The van der Waals surface area contributed by atoms with Crippen LogP contribution in [0.25, 0.3) is 10.6 Å². The van der Waals surface area contributed by atoms with Crippen molar-refractivity contribution in [3.63, 3.8) is 0 Å². The van der Waals surface area contributed by atoms with E-state index >= 15 is 0 Å². The minimum Gasteiger partial charge on any atom is -0.334 e. The van der Waals surface area contributed by atoms with E-state index in [1.165, 1.54) is 23.5 Å². The lowest BCUT2D eigenvalue weighted by Crippen LogP contribution is -2.30. The van der Waals surface area contributed by atoms with Gasteiger partial charge in [-0.15, -0.1) is 11.3 Å². The van der Waals surface area contributed by atoms with Crippen LogP contribution in [0.15, 0.2) is 54.6 Å². The molecule has 0 atom stereocenters. The van der Waals surface area contributed by atoms with Gasteiger partial charge in [0.25, 0.3) is 5.91 Å². The summed E-state index contributed by atoms with van der Waals surface area (Å²) in [6.45, 7) is 4.69. The Hall–Kier alpha value is -2.67. The van der Waals surface area contributed by atoms with Crippen LogP contribution in [0.3, 0.4) is 0 Å². The predicted octanol–water partition coefficient (Wildman–Crippen LogP) is 5.80. The number of hydrogen-bond acceptors (Lipinski definition) is 3. The highest BCUT2D eigenvalue weighted by Crippen LogP contribution is 2.33. The van der Waals surface area contributed by atoms with E-state index in [0.717, 1.165) is 17.7 Å². The lowest BCUT2D eigenvalue weighted by atomic mass is 10.1. The molecule has 0 saturated heterocycles. The number of carbonyl (C=O) groups excluding carboxylic acids is 1. The second-order valence-electron chi connectivity index (χ2n) is 6.31. The third kappa shape index (κ3) is 4.42. The van der Waals surface area contributed by atoms with Crippen molar-refractivity contribution in [2.24, 2.45) is 0 Å². The van der Waals surface area contributed by atoms with Crippen molar-refractivity contribution in [3.8, 4) is 10.6 Å². The van der Waals surface area contributed by atoms with Crippen molar-refractivity contribution >= 4 is 17.2 Å². The molecule has 3 aromatic rings. The van der Waals surface area contributed by atoms with Crippen molar-refractivity contribution < 1.29 is 18.0 Å². The molecule has 0 radical (unpaired) electrons. The number of alkyl halides is 3. The molecule has 2 aromatic carbocycles. The topological polar surface area (TPSA) is 33.2 Å². The summed E-state index contributed by atoms with van der Waals surface area (Å²) >= 11 is 1.20. The van der Waals surface area contributed by atoms with Gasteiger partial charge in [-0.25, -0.2) is 4.98 Å². The lowest BCUT2D eigenvalue weighted by molar-refractivity contribution is -0.137. The van der Waals surface area contributed by atoms with Gasteiger partial charge in [0.1, 0.15) is 9.88 Å². The number of aryl methyl sites for hydroxylation is 1. The first kappa shape index (κ1) is 20.1. The molecule has 0 aliphatic rings. The van der Waals surface area contributed by atoms with Crippen LogP contribution in [0, 0.1) is 6.92 Å². The minimum absolute atomic E-state index is 0.125. The second kappa shape index (κ2) is 8.14. The largest absolute Gasteiger partial charge is 0.416 e. The Morgan fingerprint density at radius 2 is 1.71 bits per heavy atom. The fourth-order valence-corrected chi connectivity index (χ4v) is 3.83. The molecule has 146 valence electrons. The molecule has 0 fully saturated rings. The average Bonchev–Trinajstić information content (AvgIpc) is 3.07. The number of nitrogens with zero attached hydrogens (tertiary/aromatic N) is 2. The van der Waals surface area contributed by atoms with Crippen LogP contribution in [0.4, 0.5) is 13.2 Å². The maximum Gasteiger partial charge on any atom is 0.416 e. The SMILES string of the molecule is CCN(Cc1ccccc1)C(=O)c1sc(-c2ccc(C(F)(F)F)cc2)nc1C. The molecule has 3 nitrogen and oxygen atoms in total. The molecular formula is C21H19F3N2OS. The molecule has 0 unspecified atom stereocenters. The molecule has 0 saturated carbocycles. The normalized spacial score (nSPS) is 11.5. The summed E-state index contributed by atoms with van der Waals surface area (Å²) in [5, 5.41) is 0.533. The Morgan fingerprint density at radius 3 is 2.29 bits per heavy atom. The average molecular weight is 404 g/mol. The van der Waals surface area contributed by atoms with Crippen LogP contribution in [0.5, 0.6) is 0 Å². The first-order valence-corrected chi connectivity index (χ1v) is 9.59. The summed E-state index contributed by atoms with van der Waals surface area (Å²) in [4.78, 5) is 19.6. The Kier molecular flexibility index (Phi) is 5.84. The Labute approximate surface area is 165 Å². The number of carbonyl (C=O) groups is 1. The zero-order valence-electron chi connectivity index (χ0n) is 15.5. The Balaban J connectivity index is 1.83. The Morgan fingerprint density at radius 1 is 1.07 bits per heavy atom. The molecule has 3 rings (SSSR count). The monoisotopic (exact) mass is 404 g/mol. The van der Waals surface area contributed by atoms with Crippen LogP contribution >= 0.6 is 11.3 Å². The second-order valence-corrected chi connectivity index (χ2v) is 7.31. The number of amides is 1. The van der Waals surface area contributed by atoms with E-state index in [1.807, 2.05) is 37.3 Å². The highest BCUT2D eigenvalue weighted by Gasteiger charge is 2.30. The molecular weight excluding hydrogens is 385 g/mol. The molecule has 0 aliphatic carbocycles. The summed E-state index contributed by atoms with van der Waals surface area (Å²) in [7, 11) is 0. The maximum absolute atomic E-state index is 13.0. The summed E-state index contributed by atoms with van der Waals surface area (Å²) < 4.78 is 38.2. The van der Waals surface area contributed by atoms with Gasteiger partial charge in [0.05, 0.1) is 11.3 Å². The van der Waals surface area contributed by atoms with Crippen molar-refractivity contribution in [1.29, 1.82) is 0 Å². The molecule has 0 N–H and O–H groups in total. The summed E-state index contributed by atoms with van der Waals surface area (Å²) in [5.74, 6) is -0.125. The number of aromatic nitrogens is 1. The number of thiazole rings is 1. The molecule has 0 aliphatic heterocycles. The number of hydrogen-bond donors (Lipinski definition) is 0. The Bertz CT molecular complexity index is 950. The van der Waals surface area contributed by atoms with Gasteiger partial charge in [0.15, 0.2) is 0 Å². The highest BCUT2D eigenvalue weighted by molar-refractivity contribution is 7.17. The van der Waals surface area contributed by atoms with E-state index in [2.05, 4.69) is 4.98 Å². The van der Waals surface area contributed by atoms with E-state index in [9.17, 15) is 18.0 Å². The van der Waals surface area contributed by atoms with Gasteiger partial charge in [0, 0.05) is 18.7 Å². The third-order valence-corrected chi connectivity index (χ3v) is 5.53. The quantitative estimate of drug-likeness (QED) is 0.538. The van der Waals surface area contributed by atoms with Crippen LogP contribution in [-0.2, 0) is 12.7 Å². The van der Waals surface area contributed by atoms with Crippen molar-refractivity contribution in [2.45, 2.75) is 26.6 Å². The first-order chi connectivity index (χ1) is 13.3. The first-order valence-electron chi connectivity index (χ1n) is 8.78. The minimum atomic E-state index is -4.38. The molecule has 1 amide bonds. The van der Waals surface area contributed by atoms with Crippen molar-refractivity contribution in [2.75, 3.05) is 6.54 Å². The number of halogens is 3. The fraction of sp³-hybridized carbons (Fsp3) is 0.238. The predicted molar refractivity (Wildman–Crippen MR) is 104 cm³/mol. The zero-order chi connectivity index (χ0) is 20.3. The van der Waals surface area contributed by atoms with E-state index in [1.54, 1.807) is 11.8 Å². The van der Waals surface area contributed by atoms with Gasteiger partial charge in [-0.1, -0.05) is 42.5 Å². The van der Waals surface area contributed by atoms with E-state index in [0.29, 0.717) is 34.2 Å². The van der Waals surface area contributed by atoms with Crippen LogP contribution in [0.1, 0.15) is 33.4 Å². The van der Waals surface area contributed by atoms with Gasteiger partial charge in [-0.2, -0.15) is 13.2 Å². The fourth-order valence-electron chi connectivity index (χ4n) is 2.79. The van der Waals surface area contributed by atoms with E-state index < -0.39 is 11.7 Å². The number of benzene rings is 2. The number of rotatable bonds is 5. The van der Waals surface area contributed by atoms with E-state index in [-0.39, 0.29) is 5.91 Å². The van der Waals surface area contributed by atoms with Crippen LogP contribution < -0.4 is 0 Å². The van der Waals surface area contributed by atoms with Gasteiger partial charge < -0.3 is 4.90 Å². The molecule has 0 spiro atoms. The lowest BCUT2D eigenvalue weighted by Gasteiger charge is -2.20. The zero-order valence-corrected chi connectivity index (χ0v) is 16.3. The highest BCUT2D eigenvalue weighted by atomic mass is 32.1. The smallest absolute Gasteiger partial charge is 0.334 e. The van der Waals surface area contributed by atoms with Gasteiger partial charge in [-0.3, -0.25) is 4.79 Å². The van der Waals surface area contributed by atoms with Crippen LogP contribution in [-0.4, -0.2) is 22.3 Å². The van der Waals surface area contributed by atoms with Crippen molar-refractivity contribution in [3.05, 3.63) is 76.3 Å². The summed E-state index contributed by atoms with van der Waals surface area (Å²) in [6.07, 6.45) is -4.38. The van der Waals surface area contributed by atoms with Gasteiger partial charge in [0.2, 0.25) is 0 Å². The molecule has 7 heteroatoms. The summed E-state index contributed by atoms with van der Waals surface area (Å²) in [5.41, 5.74) is 1.46.